The Labute approximate surface area is 120 Å². The zero-order chi connectivity index (χ0) is 14.9. The van der Waals surface area contributed by atoms with Crippen molar-refractivity contribution in [3.05, 3.63) is 34.9 Å². The molecule has 108 valence electrons. The summed E-state index contributed by atoms with van der Waals surface area (Å²) in [4.78, 5) is 24.2. The first-order valence-electron chi connectivity index (χ1n) is 7.28. The molecule has 0 unspecified atom stereocenters. The molecule has 20 heavy (non-hydrogen) atoms. The first-order valence-corrected chi connectivity index (χ1v) is 7.28. The topological polar surface area (TPSA) is 46.2 Å². The molecule has 1 N–H and O–H groups in total. The zero-order valence-corrected chi connectivity index (χ0v) is 12.7. The normalized spacial score (nSPS) is 14.6. The summed E-state index contributed by atoms with van der Waals surface area (Å²) in [5, 5.41) is 3.10. The third kappa shape index (κ3) is 3.09. The number of carbonyl (C=O) groups excluding carboxylic acids is 2. The van der Waals surface area contributed by atoms with Crippen LogP contribution in [-0.2, 0) is 6.42 Å². The molecule has 0 bridgehead atoms. The molecular weight excluding hydrogens is 250 g/mol. The highest BCUT2D eigenvalue weighted by Crippen LogP contribution is 2.26. The zero-order valence-electron chi connectivity index (χ0n) is 12.7. The third-order valence-corrected chi connectivity index (χ3v) is 3.69. The first kappa shape index (κ1) is 14.8. The van der Waals surface area contributed by atoms with Crippen LogP contribution in [0.25, 0.3) is 0 Å². The average molecular weight is 273 g/mol. The molecule has 3 heteroatoms. The second-order valence-electron chi connectivity index (χ2n) is 6.69. The van der Waals surface area contributed by atoms with Crippen LogP contribution in [0.5, 0.6) is 0 Å². The van der Waals surface area contributed by atoms with E-state index in [2.05, 4.69) is 19.2 Å². The first-order chi connectivity index (χ1) is 9.30. The van der Waals surface area contributed by atoms with Crippen molar-refractivity contribution in [2.75, 3.05) is 0 Å². The standard InChI is InChI=1S/C17H23NO2/c1-11(2)10-17(3,4)18-16(20)14-7-5-6-13-12(14)8-9-15(13)19/h5-7,11H,8-10H2,1-4H3,(H,18,20). The Morgan fingerprint density at radius 2 is 2.00 bits per heavy atom. The number of amides is 1. The van der Waals surface area contributed by atoms with Gasteiger partial charge in [0.05, 0.1) is 0 Å². The van der Waals surface area contributed by atoms with Crippen LogP contribution in [0.4, 0.5) is 0 Å². The molecule has 0 atom stereocenters. The van der Waals surface area contributed by atoms with E-state index in [9.17, 15) is 9.59 Å². The molecule has 0 radical (unpaired) electrons. The lowest BCUT2D eigenvalue weighted by atomic mass is 9.92. The van der Waals surface area contributed by atoms with Crippen molar-refractivity contribution < 1.29 is 9.59 Å². The van der Waals surface area contributed by atoms with Gasteiger partial charge in [-0.2, -0.15) is 0 Å². The van der Waals surface area contributed by atoms with Gasteiger partial charge < -0.3 is 5.32 Å². The molecule has 0 heterocycles. The summed E-state index contributed by atoms with van der Waals surface area (Å²) < 4.78 is 0. The van der Waals surface area contributed by atoms with Gasteiger partial charge in [0.1, 0.15) is 0 Å². The highest BCUT2D eigenvalue weighted by atomic mass is 16.2. The second kappa shape index (κ2) is 5.39. The predicted molar refractivity (Wildman–Crippen MR) is 80.1 cm³/mol. The minimum absolute atomic E-state index is 0.0674. The summed E-state index contributed by atoms with van der Waals surface area (Å²) in [6, 6.07) is 5.44. The van der Waals surface area contributed by atoms with Gasteiger partial charge in [-0.05, 0) is 44.2 Å². The lowest BCUT2D eigenvalue weighted by Crippen LogP contribution is -2.44. The molecule has 0 spiro atoms. The average Bonchev–Trinajstić information content (AvgIpc) is 2.69. The van der Waals surface area contributed by atoms with Gasteiger partial charge >= 0.3 is 0 Å². The summed E-state index contributed by atoms with van der Waals surface area (Å²) in [5.74, 6) is 0.603. The van der Waals surface area contributed by atoms with E-state index in [-0.39, 0.29) is 17.2 Å². The Bertz CT molecular complexity index is 544. The molecule has 1 aliphatic carbocycles. The van der Waals surface area contributed by atoms with Crippen molar-refractivity contribution in [1.29, 1.82) is 0 Å². The number of rotatable bonds is 4. The van der Waals surface area contributed by atoms with Crippen LogP contribution in [0.3, 0.4) is 0 Å². The summed E-state index contributed by atoms with van der Waals surface area (Å²) >= 11 is 0. The lowest BCUT2D eigenvalue weighted by Gasteiger charge is -2.28. The quantitative estimate of drug-likeness (QED) is 0.914. The molecule has 1 aromatic rings. The van der Waals surface area contributed by atoms with Crippen LogP contribution in [0.15, 0.2) is 18.2 Å². The smallest absolute Gasteiger partial charge is 0.251 e. The maximum atomic E-state index is 12.5. The Kier molecular flexibility index (Phi) is 3.98. The number of fused-ring (bicyclic) bond motifs is 1. The molecule has 2 rings (SSSR count). The van der Waals surface area contributed by atoms with Crippen LogP contribution in [0.2, 0.25) is 0 Å². The molecule has 1 aliphatic rings. The fourth-order valence-electron chi connectivity index (χ4n) is 3.15. The SMILES string of the molecule is CC(C)CC(C)(C)NC(=O)c1cccc2c1CCC2=O. The van der Waals surface area contributed by atoms with E-state index in [4.69, 9.17) is 0 Å². The van der Waals surface area contributed by atoms with E-state index in [0.717, 1.165) is 17.5 Å². The molecule has 0 saturated carbocycles. The largest absolute Gasteiger partial charge is 0.347 e. The van der Waals surface area contributed by atoms with Crippen molar-refractivity contribution in [1.82, 2.24) is 5.32 Å². The number of ketones is 1. The molecule has 1 amide bonds. The maximum Gasteiger partial charge on any atom is 0.251 e. The Morgan fingerprint density at radius 1 is 1.30 bits per heavy atom. The van der Waals surface area contributed by atoms with E-state index >= 15 is 0 Å². The van der Waals surface area contributed by atoms with Gasteiger partial charge in [0.2, 0.25) is 0 Å². The Morgan fingerprint density at radius 3 is 2.65 bits per heavy atom. The van der Waals surface area contributed by atoms with Gasteiger partial charge in [0, 0.05) is 23.1 Å². The third-order valence-electron chi connectivity index (χ3n) is 3.69. The van der Waals surface area contributed by atoms with Crippen LogP contribution in [0.1, 0.15) is 66.8 Å². The fourth-order valence-corrected chi connectivity index (χ4v) is 3.15. The summed E-state index contributed by atoms with van der Waals surface area (Å²) in [5.41, 5.74) is 2.05. The van der Waals surface area contributed by atoms with E-state index in [1.807, 2.05) is 26.0 Å². The van der Waals surface area contributed by atoms with Gasteiger partial charge in [0.15, 0.2) is 5.78 Å². The van der Waals surface area contributed by atoms with Gasteiger partial charge in [-0.1, -0.05) is 26.0 Å². The van der Waals surface area contributed by atoms with E-state index in [0.29, 0.717) is 24.3 Å². The summed E-state index contributed by atoms with van der Waals surface area (Å²) in [6.45, 7) is 8.37. The highest BCUT2D eigenvalue weighted by Gasteiger charge is 2.27. The van der Waals surface area contributed by atoms with Crippen LogP contribution >= 0.6 is 0 Å². The second-order valence-corrected chi connectivity index (χ2v) is 6.69. The van der Waals surface area contributed by atoms with Crippen molar-refractivity contribution in [2.45, 2.75) is 52.5 Å². The van der Waals surface area contributed by atoms with Crippen LogP contribution < -0.4 is 5.32 Å². The lowest BCUT2D eigenvalue weighted by molar-refractivity contribution is 0.0902. The van der Waals surface area contributed by atoms with Gasteiger partial charge in [-0.25, -0.2) is 0 Å². The van der Waals surface area contributed by atoms with Crippen molar-refractivity contribution in [2.24, 2.45) is 5.92 Å². The van der Waals surface area contributed by atoms with Gasteiger partial charge in [0.25, 0.3) is 5.91 Å². The van der Waals surface area contributed by atoms with Crippen molar-refractivity contribution in [3.63, 3.8) is 0 Å². The monoisotopic (exact) mass is 273 g/mol. The summed E-state index contributed by atoms with van der Waals surface area (Å²) in [6.07, 6.45) is 2.13. The Hall–Kier alpha value is -1.64. The number of nitrogens with one attached hydrogen (secondary N) is 1. The van der Waals surface area contributed by atoms with Crippen LogP contribution in [0, 0.1) is 5.92 Å². The number of hydrogen-bond donors (Lipinski definition) is 1. The molecule has 0 fully saturated rings. The molecule has 3 nitrogen and oxygen atoms in total. The van der Waals surface area contributed by atoms with E-state index in [1.54, 1.807) is 6.07 Å². The van der Waals surface area contributed by atoms with E-state index < -0.39 is 0 Å². The molecule has 0 saturated heterocycles. The van der Waals surface area contributed by atoms with Crippen LogP contribution in [-0.4, -0.2) is 17.2 Å². The fraction of sp³-hybridized carbons (Fsp3) is 0.529. The molecule has 1 aromatic carbocycles. The van der Waals surface area contributed by atoms with Crippen molar-refractivity contribution >= 4 is 11.7 Å². The van der Waals surface area contributed by atoms with E-state index in [1.165, 1.54) is 0 Å². The number of Topliss-reactive ketones (excluding diaryl/α,β-unsaturated/α-hetero) is 1. The summed E-state index contributed by atoms with van der Waals surface area (Å²) in [7, 11) is 0. The molecule has 0 aromatic heterocycles. The highest BCUT2D eigenvalue weighted by molar-refractivity contribution is 6.05. The minimum Gasteiger partial charge on any atom is -0.347 e. The Balaban J connectivity index is 2.21. The molecule has 0 aliphatic heterocycles. The number of hydrogen-bond acceptors (Lipinski definition) is 2. The number of benzene rings is 1. The maximum absolute atomic E-state index is 12.5. The minimum atomic E-state index is -0.239. The van der Waals surface area contributed by atoms with Gasteiger partial charge in [-0.3, -0.25) is 9.59 Å². The predicted octanol–water partition coefficient (Wildman–Crippen LogP) is 3.37. The van der Waals surface area contributed by atoms with Gasteiger partial charge in [-0.15, -0.1) is 0 Å². The molecular formula is C17H23NO2. The van der Waals surface area contributed by atoms with Crippen molar-refractivity contribution in [3.8, 4) is 0 Å². The number of carbonyl (C=O) groups is 2.